The Hall–Kier alpha value is -0.650. The van der Waals surface area contributed by atoms with Gasteiger partial charge in [-0.3, -0.25) is 0 Å². The van der Waals surface area contributed by atoms with Gasteiger partial charge in [-0.25, -0.2) is 4.79 Å². The zero-order valence-corrected chi connectivity index (χ0v) is 9.40. The Kier molecular flexibility index (Phi) is 9.46. The Morgan fingerprint density at radius 1 is 1.13 bits per heavy atom. The molecule has 15 heavy (non-hydrogen) atoms. The summed E-state index contributed by atoms with van der Waals surface area (Å²) in [6, 6.07) is 0. The molecular weight excluding hydrogens is 200 g/mol. The molecule has 1 N–H and O–H groups in total. The lowest BCUT2D eigenvalue weighted by atomic mass is 10.2. The molecule has 0 rings (SSSR count). The SMILES string of the molecule is CCOCCOCCC(OCC)C(=O)O. The Morgan fingerprint density at radius 2 is 1.80 bits per heavy atom. The molecular formula is C10H20O5. The minimum atomic E-state index is -0.940. The number of carboxylic acid groups (broad SMARTS) is 1. The molecule has 0 fully saturated rings. The largest absolute Gasteiger partial charge is 0.479 e. The minimum absolute atomic E-state index is 0.370. The molecule has 0 heterocycles. The maximum Gasteiger partial charge on any atom is 0.332 e. The highest BCUT2D eigenvalue weighted by Crippen LogP contribution is 1.99. The van der Waals surface area contributed by atoms with E-state index in [-0.39, 0.29) is 0 Å². The smallest absolute Gasteiger partial charge is 0.332 e. The van der Waals surface area contributed by atoms with Crippen LogP contribution in [0.2, 0.25) is 0 Å². The molecule has 0 aliphatic heterocycles. The number of carbonyl (C=O) groups is 1. The molecule has 0 aliphatic carbocycles. The van der Waals surface area contributed by atoms with Crippen LogP contribution in [0.3, 0.4) is 0 Å². The molecule has 1 unspecified atom stereocenters. The monoisotopic (exact) mass is 220 g/mol. The van der Waals surface area contributed by atoms with Gasteiger partial charge in [0.05, 0.1) is 13.2 Å². The van der Waals surface area contributed by atoms with Crippen molar-refractivity contribution in [3.63, 3.8) is 0 Å². The molecule has 0 radical (unpaired) electrons. The predicted octanol–water partition coefficient (Wildman–Crippen LogP) is 0.919. The van der Waals surface area contributed by atoms with E-state index in [9.17, 15) is 4.79 Å². The summed E-state index contributed by atoms with van der Waals surface area (Å²) in [5.74, 6) is -0.940. The van der Waals surface area contributed by atoms with Gasteiger partial charge in [-0.1, -0.05) is 0 Å². The average molecular weight is 220 g/mol. The first kappa shape index (κ1) is 14.3. The second-order valence-electron chi connectivity index (χ2n) is 2.88. The number of hydrogen-bond donors (Lipinski definition) is 1. The highest BCUT2D eigenvalue weighted by atomic mass is 16.5. The van der Waals surface area contributed by atoms with Crippen LogP contribution in [-0.2, 0) is 19.0 Å². The van der Waals surface area contributed by atoms with Crippen LogP contribution in [0.25, 0.3) is 0 Å². The normalized spacial score (nSPS) is 12.7. The van der Waals surface area contributed by atoms with E-state index in [0.717, 1.165) is 0 Å². The van der Waals surface area contributed by atoms with E-state index in [4.69, 9.17) is 19.3 Å². The van der Waals surface area contributed by atoms with Crippen molar-refractivity contribution < 1.29 is 24.1 Å². The van der Waals surface area contributed by atoms with Gasteiger partial charge in [-0.2, -0.15) is 0 Å². The van der Waals surface area contributed by atoms with Gasteiger partial charge >= 0.3 is 5.97 Å². The van der Waals surface area contributed by atoms with Gasteiger partial charge in [-0.15, -0.1) is 0 Å². The van der Waals surface area contributed by atoms with Crippen LogP contribution >= 0.6 is 0 Å². The van der Waals surface area contributed by atoms with Gasteiger partial charge in [-0.05, 0) is 13.8 Å². The Balaban J connectivity index is 3.41. The van der Waals surface area contributed by atoms with Crippen molar-refractivity contribution in [2.24, 2.45) is 0 Å². The van der Waals surface area contributed by atoms with Crippen molar-refractivity contribution in [1.82, 2.24) is 0 Å². The first-order valence-corrected chi connectivity index (χ1v) is 5.22. The van der Waals surface area contributed by atoms with Gasteiger partial charge in [0.25, 0.3) is 0 Å². The summed E-state index contributed by atoms with van der Waals surface area (Å²) in [5, 5.41) is 8.74. The lowest BCUT2D eigenvalue weighted by molar-refractivity contribution is -0.151. The topological polar surface area (TPSA) is 65.0 Å². The molecule has 5 nitrogen and oxygen atoms in total. The average Bonchev–Trinajstić information content (AvgIpc) is 2.21. The third kappa shape index (κ3) is 8.35. The Morgan fingerprint density at radius 3 is 2.33 bits per heavy atom. The third-order valence-electron chi connectivity index (χ3n) is 1.74. The van der Waals surface area contributed by atoms with Crippen LogP contribution in [-0.4, -0.2) is 50.2 Å². The van der Waals surface area contributed by atoms with Crippen LogP contribution in [0.1, 0.15) is 20.3 Å². The van der Waals surface area contributed by atoms with Crippen molar-refractivity contribution in [2.75, 3.05) is 33.0 Å². The molecule has 90 valence electrons. The third-order valence-corrected chi connectivity index (χ3v) is 1.74. The van der Waals surface area contributed by atoms with Crippen molar-refractivity contribution in [3.05, 3.63) is 0 Å². The minimum Gasteiger partial charge on any atom is -0.479 e. The molecule has 0 aliphatic rings. The zero-order chi connectivity index (χ0) is 11.5. The summed E-state index contributed by atoms with van der Waals surface area (Å²) in [6.07, 6.45) is -0.392. The molecule has 0 saturated heterocycles. The standard InChI is InChI=1S/C10H20O5/c1-3-13-7-8-14-6-5-9(10(11)12)15-4-2/h9H,3-8H2,1-2H3,(H,11,12). The van der Waals surface area contributed by atoms with E-state index in [1.54, 1.807) is 6.92 Å². The fourth-order valence-electron chi connectivity index (χ4n) is 1.03. The van der Waals surface area contributed by atoms with Crippen LogP contribution < -0.4 is 0 Å². The Labute approximate surface area is 90.3 Å². The molecule has 0 saturated carbocycles. The van der Waals surface area contributed by atoms with E-state index >= 15 is 0 Å². The molecule has 0 aromatic heterocycles. The number of ether oxygens (including phenoxy) is 3. The van der Waals surface area contributed by atoms with Crippen molar-refractivity contribution >= 4 is 5.97 Å². The van der Waals surface area contributed by atoms with Crippen molar-refractivity contribution in [2.45, 2.75) is 26.4 Å². The zero-order valence-electron chi connectivity index (χ0n) is 9.40. The molecule has 5 heteroatoms. The summed E-state index contributed by atoms with van der Waals surface area (Å²) in [7, 11) is 0. The Bertz CT molecular complexity index is 160. The molecule has 0 spiro atoms. The van der Waals surface area contributed by atoms with E-state index < -0.39 is 12.1 Å². The number of rotatable bonds is 10. The van der Waals surface area contributed by atoms with Gasteiger partial charge in [0.1, 0.15) is 0 Å². The fraction of sp³-hybridized carbons (Fsp3) is 0.900. The highest BCUT2D eigenvalue weighted by Gasteiger charge is 2.16. The van der Waals surface area contributed by atoms with E-state index in [0.29, 0.717) is 39.5 Å². The second kappa shape index (κ2) is 9.89. The van der Waals surface area contributed by atoms with Crippen LogP contribution in [0.5, 0.6) is 0 Å². The van der Waals surface area contributed by atoms with Crippen LogP contribution in [0.4, 0.5) is 0 Å². The first-order chi connectivity index (χ1) is 7.22. The number of aliphatic carboxylic acids is 1. The lowest BCUT2D eigenvalue weighted by Gasteiger charge is -2.12. The summed E-state index contributed by atoms with van der Waals surface area (Å²) < 4.78 is 15.3. The van der Waals surface area contributed by atoms with Crippen LogP contribution in [0.15, 0.2) is 0 Å². The summed E-state index contributed by atoms with van der Waals surface area (Å²) in [4.78, 5) is 10.7. The molecule has 0 bridgehead atoms. The predicted molar refractivity (Wildman–Crippen MR) is 55.0 cm³/mol. The molecule has 1 atom stereocenters. The second-order valence-corrected chi connectivity index (χ2v) is 2.88. The van der Waals surface area contributed by atoms with Gasteiger partial charge in [0.2, 0.25) is 0 Å². The summed E-state index contributed by atoms with van der Waals surface area (Å²) in [6.45, 7) is 6.16. The molecule has 0 aromatic carbocycles. The molecule has 0 aromatic rings. The maximum atomic E-state index is 10.7. The maximum absolute atomic E-state index is 10.7. The van der Waals surface area contributed by atoms with E-state index in [1.165, 1.54) is 0 Å². The number of carboxylic acids is 1. The lowest BCUT2D eigenvalue weighted by Crippen LogP contribution is -2.25. The summed E-state index contributed by atoms with van der Waals surface area (Å²) in [5.41, 5.74) is 0. The quantitative estimate of drug-likeness (QED) is 0.554. The summed E-state index contributed by atoms with van der Waals surface area (Å²) >= 11 is 0. The van der Waals surface area contributed by atoms with Crippen molar-refractivity contribution in [1.29, 1.82) is 0 Å². The fourth-order valence-corrected chi connectivity index (χ4v) is 1.03. The highest BCUT2D eigenvalue weighted by molar-refractivity contribution is 5.72. The van der Waals surface area contributed by atoms with Crippen LogP contribution in [0, 0.1) is 0 Å². The number of hydrogen-bond acceptors (Lipinski definition) is 4. The van der Waals surface area contributed by atoms with Gasteiger partial charge in [0.15, 0.2) is 6.10 Å². The van der Waals surface area contributed by atoms with Gasteiger partial charge in [0, 0.05) is 26.2 Å². The van der Waals surface area contributed by atoms with Crippen molar-refractivity contribution in [3.8, 4) is 0 Å². The first-order valence-electron chi connectivity index (χ1n) is 5.22. The van der Waals surface area contributed by atoms with E-state index in [1.807, 2.05) is 6.92 Å². The van der Waals surface area contributed by atoms with Gasteiger partial charge < -0.3 is 19.3 Å². The van der Waals surface area contributed by atoms with E-state index in [2.05, 4.69) is 0 Å². The molecule has 0 amide bonds.